The van der Waals surface area contributed by atoms with Gasteiger partial charge in [-0.3, -0.25) is 4.90 Å². The van der Waals surface area contributed by atoms with Gasteiger partial charge < -0.3 is 19.9 Å². The Bertz CT molecular complexity index is 1310. The summed E-state index contributed by atoms with van der Waals surface area (Å²) in [6.07, 6.45) is 0.421. The molecule has 0 spiro atoms. The topological polar surface area (TPSA) is 60.6 Å². The third-order valence-electron chi connectivity index (χ3n) is 6.25. The van der Waals surface area contributed by atoms with E-state index in [1.54, 1.807) is 0 Å². The zero-order valence-corrected chi connectivity index (χ0v) is 20.2. The van der Waals surface area contributed by atoms with Crippen LogP contribution in [0.1, 0.15) is 6.42 Å². The molecule has 1 saturated heterocycles. The fraction of sp³-hybridized carbons (Fsp3) is 0.269. The molecule has 5 rings (SSSR count). The molecular formula is C26H26Cl2N4O2. The van der Waals surface area contributed by atoms with Gasteiger partial charge in [-0.25, -0.2) is 4.79 Å². The molecule has 0 atom stereocenters. The monoisotopic (exact) mass is 496 g/mol. The lowest BCUT2D eigenvalue weighted by atomic mass is 10.1. The molecule has 0 saturated carbocycles. The Balaban J connectivity index is 1.05. The molecule has 2 heterocycles. The molecular weight excluding hydrogens is 471 g/mol. The van der Waals surface area contributed by atoms with Gasteiger partial charge in [0.05, 0.1) is 21.2 Å². The number of para-hydroxylation sites is 1. The highest BCUT2D eigenvalue weighted by Crippen LogP contribution is 2.33. The smallest absolute Gasteiger partial charge is 0.410 e. The number of benzene rings is 3. The number of nitrogens with one attached hydrogen (secondary N) is 2. The van der Waals surface area contributed by atoms with E-state index in [0.29, 0.717) is 22.3 Å². The predicted octanol–water partition coefficient (Wildman–Crippen LogP) is 5.93. The molecule has 0 bridgehead atoms. The second-order valence-electron chi connectivity index (χ2n) is 8.45. The number of carbonyl (C=O) groups excluding carboxylic acids is 1. The maximum Gasteiger partial charge on any atom is 0.412 e. The first kappa shape index (κ1) is 22.8. The number of fused-ring (bicyclic) bond motifs is 3. The Morgan fingerprint density at radius 2 is 1.74 bits per heavy atom. The summed E-state index contributed by atoms with van der Waals surface area (Å²) in [4.78, 5) is 20.3. The van der Waals surface area contributed by atoms with Gasteiger partial charge in [0.2, 0.25) is 0 Å². The molecule has 8 heteroatoms. The highest BCUT2D eigenvalue weighted by atomic mass is 35.5. The van der Waals surface area contributed by atoms with E-state index in [-0.39, 0.29) is 0 Å². The quantitative estimate of drug-likeness (QED) is 0.325. The van der Waals surface area contributed by atoms with Crippen LogP contribution in [0.5, 0.6) is 5.75 Å². The zero-order chi connectivity index (χ0) is 23.5. The lowest BCUT2D eigenvalue weighted by Crippen LogP contribution is -2.47. The van der Waals surface area contributed by atoms with Crippen molar-refractivity contribution in [2.45, 2.75) is 6.42 Å². The number of hydrogen-bond donors (Lipinski definition) is 2. The lowest BCUT2D eigenvalue weighted by Gasteiger charge is -2.36. The Hall–Kier alpha value is -2.93. The number of aromatic amines is 1. The standard InChI is InChI=1S/C26H26Cl2N4O2/c27-21-6-3-8-24(25(21)28)32-15-13-31(14-16-32)12-4-11-29-26(33)34-18-9-10-20-19-5-1-2-7-22(19)30-23(20)17-18/h1-3,5-10,17,30H,4,11-16H2,(H,29,33). The molecule has 1 aliphatic rings. The van der Waals surface area contributed by atoms with Crippen LogP contribution in [0.25, 0.3) is 21.8 Å². The number of H-pyrrole nitrogens is 1. The third-order valence-corrected chi connectivity index (χ3v) is 7.06. The summed E-state index contributed by atoms with van der Waals surface area (Å²) in [5.41, 5.74) is 3.00. The van der Waals surface area contributed by atoms with E-state index in [2.05, 4.69) is 26.2 Å². The van der Waals surface area contributed by atoms with Crippen LogP contribution in [-0.2, 0) is 0 Å². The van der Waals surface area contributed by atoms with Crippen molar-refractivity contribution in [2.75, 3.05) is 44.2 Å². The maximum atomic E-state index is 12.2. The van der Waals surface area contributed by atoms with Crippen molar-refractivity contribution in [3.63, 3.8) is 0 Å². The Morgan fingerprint density at radius 3 is 2.59 bits per heavy atom. The first-order valence-electron chi connectivity index (χ1n) is 11.5. The Kier molecular flexibility index (Phi) is 6.81. The van der Waals surface area contributed by atoms with E-state index >= 15 is 0 Å². The van der Waals surface area contributed by atoms with Gasteiger partial charge in [0.25, 0.3) is 0 Å². The molecule has 0 aliphatic carbocycles. The first-order chi connectivity index (χ1) is 16.6. The van der Waals surface area contributed by atoms with Crippen molar-refractivity contribution in [3.8, 4) is 5.75 Å². The van der Waals surface area contributed by atoms with Crippen LogP contribution in [0.4, 0.5) is 10.5 Å². The van der Waals surface area contributed by atoms with Crippen LogP contribution >= 0.6 is 23.2 Å². The SMILES string of the molecule is O=C(NCCCN1CCN(c2cccc(Cl)c2Cl)CC1)Oc1ccc2c(c1)[nH]c1ccccc12. The second kappa shape index (κ2) is 10.1. The number of carbonyl (C=O) groups is 1. The first-order valence-corrected chi connectivity index (χ1v) is 12.2. The number of hydrogen-bond acceptors (Lipinski definition) is 4. The number of aromatic nitrogens is 1. The number of halogens is 2. The van der Waals surface area contributed by atoms with Crippen LogP contribution in [0.3, 0.4) is 0 Å². The second-order valence-corrected chi connectivity index (χ2v) is 9.23. The molecule has 1 aliphatic heterocycles. The van der Waals surface area contributed by atoms with Gasteiger partial charge in [-0.05, 0) is 43.3 Å². The number of rotatable bonds is 6. The summed E-state index contributed by atoms with van der Waals surface area (Å²) < 4.78 is 5.48. The van der Waals surface area contributed by atoms with Crippen LogP contribution < -0.4 is 15.0 Å². The van der Waals surface area contributed by atoms with Gasteiger partial charge >= 0.3 is 6.09 Å². The summed E-state index contributed by atoms with van der Waals surface area (Å²) in [7, 11) is 0. The van der Waals surface area contributed by atoms with Gasteiger partial charge in [-0.2, -0.15) is 0 Å². The predicted molar refractivity (Wildman–Crippen MR) is 140 cm³/mol. The summed E-state index contributed by atoms with van der Waals surface area (Å²) in [6.45, 7) is 5.15. The molecule has 2 N–H and O–H groups in total. The van der Waals surface area contributed by atoms with E-state index in [9.17, 15) is 4.79 Å². The maximum absolute atomic E-state index is 12.2. The van der Waals surface area contributed by atoms with Crippen molar-refractivity contribution in [1.82, 2.24) is 15.2 Å². The minimum absolute atomic E-state index is 0.434. The van der Waals surface area contributed by atoms with Crippen LogP contribution in [0.15, 0.2) is 60.7 Å². The average molecular weight is 497 g/mol. The number of anilines is 1. The van der Waals surface area contributed by atoms with E-state index < -0.39 is 6.09 Å². The van der Waals surface area contributed by atoms with Crippen molar-refractivity contribution < 1.29 is 9.53 Å². The van der Waals surface area contributed by atoms with Gasteiger partial charge in [0.1, 0.15) is 5.75 Å². The van der Waals surface area contributed by atoms with Crippen LogP contribution in [-0.4, -0.2) is 55.2 Å². The number of nitrogens with zero attached hydrogens (tertiary/aromatic N) is 2. The largest absolute Gasteiger partial charge is 0.412 e. The summed E-state index contributed by atoms with van der Waals surface area (Å²) in [5.74, 6) is 0.521. The van der Waals surface area contributed by atoms with E-state index in [1.807, 2.05) is 54.6 Å². The van der Waals surface area contributed by atoms with Crippen molar-refractivity contribution in [1.29, 1.82) is 0 Å². The van der Waals surface area contributed by atoms with E-state index in [0.717, 1.165) is 66.6 Å². The highest BCUT2D eigenvalue weighted by Gasteiger charge is 2.19. The lowest BCUT2D eigenvalue weighted by molar-refractivity contribution is 0.198. The average Bonchev–Trinajstić information content (AvgIpc) is 3.22. The summed E-state index contributed by atoms with van der Waals surface area (Å²) in [6, 6.07) is 19.5. The summed E-state index contributed by atoms with van der Waals surface area (Å²) >= 11 is 12.5. The van der Waals surface area contributed by atoms with Gasteiger partial charge in [-0.15, -0.1) is 0 Å². The van der Waals surface area contributed by atoms with E-state index in [4.69, 9.17) is 27.9 Å². The Morgan fingerprint density at radius 1 is 0.941 bits per heavy atom. The molecule has 6 nitrogen and oxygen atoms in total. The van der Waals surface area contributed by atoms with Crippen molar-refractivity contribution >= 4 is 56.8 Å². The molecule has 3 aromatic carbocycles. The molecule has 1 fully saturated rings. The Labute approximate surface area is 208 Å². The number of ether oxygens (including phenoxy) is 1. The summed E-state index contributed by atoms with van der Waals surface area (Å²) in [5, 5.41) is 6.32. The number of amides is 1. The molecule has 1 amide bonds. The van der Waals surface area contributed by atoms with E-state index in [1.165, 1.54) is 0 Å². The van der Waals surface area contributed by atoms with Gasteiger partial charge in [-0.1, -0.05) is 47.5 Å². The zero-order valence-electron chi connectivity index (χ0n) is 18.7. The van der Waals surface area contributed by atoms with Crippen molar-refractivity contribution in [2.24, 2.45) is 0 Å². The molecule has 4 aromatic rings. The number of piperazine rings is 1. The highest BCUT2D eigenvalue weighted by molar-refractivity contribution is 6.43. The van der Waals surface area contributed by atoms with Gasteiger partial charge in [0, 0.05) is 55.1 Å². The minimum Gasteiger partial charge on any atom is -0.410 e. The normalized spacial score (nSPS) is 14.6. The van der Waals surface area contributed by atoms with Crippen LogP contribution in [0.2, 0.25) is 10.0 Å². The fourth-order valence-electron chi connectivity index (χ4n) is 4.48. The molecule has 176 valence electrons. The molecule has 1 aromatic heterocycles. The molecule has 0 unspecified atom stereocenters. The molecule has 0 radical (unpaired) electrons. The molecule has 34 heavy (non-hydrogen) atoms. The minimum atomic E-state index is -0.434. The fourth-order valence-corrected chi connectivity index (χ4v) is 4.90. The van der Waals surface area contributed by atoms with Gasteiger partial charge in [0.15, 0.2) is 0 Å². The van der Waals surface area contributed by atoms with Crippen LogP contribution in [0, 0.1) is 0 Å². The van der Waals surface area contributed by atoms with Crippen molar-refractivity contribution in [3.05, 3.63) is 70.7 Å². The third kappa shape index (κ3) is 4.94.